The first-order chi connectivity index (χ1) is 25.0. The maximum Gasteiger partial charge on any atom is 0.306 e. The van der Waals surface area contributed by atoms with E-state index < -0.39 is 18.2 Å². The first kappa shape index (κ1) is 48.8. The Hall–Kier alpha value is -2.18. The molecule has 296 valence electrons. The van der Waals surface area contributed by atoms with E-state index in [1.54, 1.807) is 0 Å². The van der Waals surface area contributed by atoms with Gasteiger partial charge >= 0.3 is 5.97 Å². The summed E-state index contributed by atoms with van der Waals surface area (Å²) < 4.78 is 5.83. The molecule has 0 rings (SSSR count). The van der Waals surface area contributed by atoms with E-state index in [4.69, 9.17) is 4.74 Å². The lowest BCUT2D eigenvalue weighted by atomic mass is 10.0. The Balaban J connectivity index is 4.67. The maximum absolute atomic E-state index is 13.1. The molecular weight excluding hydrogens is 634 g/mol. The number of aliphatic hydroxyl groups excluding tert-OH is 2. The lowest BCUT2D eigenvalue weighted by Gasteiger charge is -2.24. The first-order valence-electron chi connectivity index (χ1n) is 21.4. The van der Waals surface area contributed by atoms with E-state index in [0.29, 0.717) is 19.3 Å². The average Bonchev–Trinajstić information content (AvgIpc) is 3.12. The zero-order valence-electron chi connectivity index (χ0n) is 33.5. The van der Waals surface area contributed by atoms with E-state index >= 15 is 0 Å². The van der Waals surface area contributed by atoms with Gasteiger partial charge in [0.15, 0.2) is 0 Å². The van der Waals surface area contributed by atoms with E-state index in [9.17, 15) is 19.8 Å². The van der Waals surface area contributed by atoms with Crippen molar-refractivity contribution in [1.82, 2.24) is 5.32 Å². The van der Waals surface area contributed by atoms with Crippen molar-refractivity contribution < 1.29 is 24.5 Å². The Kier molecular flexibility index (Phi) is 37.4. The van der Waals surface area contributed by atoms with Crippen molar-refractivity contribution in [1.29, 1.82) is 0 Å². The number of unbranched alkanes of at least 4 members (excludes halogenated alkanes) is 20. The number of carbonyl (C=O) groups excluding carboxylic acids is 2. The number of hydrogen-bond donors (Lipinski definition) is 3. The molecule has 0 saturated carbocycles. The zero-order chi connectivity index (χ0) is 37.5. The van der Waals surface area contributed by atoms with Crippen LogP contribution in [0.1, 0.15) is 201 Å². The molecule has 0 aliphatic heterocycles. The summed E-state index contributed by atoms with van der Waals surface area (Å²) in [7, 11) is 0. The van der Waals surface area contributed by atoms with Crippen LogP contribution in [0.4, 0.5) is 0 Å². The third-order valence-electron chi connectivity index (χ3n) is 9.52. The molecule has 0 heterocycles. The molecule has 0 aromatic rings. The van der Waals surface area contributed by atoms with E-state index in [0.717, 1.165) is 57.8 Å². The minimum Gasteiger partial charge on any atom is -0.462 e. The van der Waals surface area contributed by atoms with Crippen LogP contribution in [-0.2, 0) is 14.3 Å². The summed E-state index contributed by atoms with van der Waals surface area (Å²) in [4.78, 5) is 25.8. The number of allylic oxidation sites excluding steroid dienone is 8. The van der Waals surface area contributed by atoms with Crippen LogP contribution >= 0.6 is 0 Å². The molecule has 0 saturated heterocycles. The SMILES string of the molecule is CC/C=C/C=C/C=C\C=C/CCCC(CC(=O)NC(CO)C(O)CCCCCCCCCCCCCC)OC(=O)CCCCCCCCCCC. The minimum absolute atomic E-state index is 0.0328. The van der Waals surface area contributed by atoms with Crippen LogP contribution in [0.2, 0.25) is 0 Å². The molecule has 0 fully saturated rings. The number of aliphatic hydroxyl groups is 2. The molecule has 0 aromatic heterocycles. The molecule has 0 spiro atoms. The summed E-state index contributed by atoms with van der Waals surface area (Å²) in [6.07, 6.45) is 44.6. The van der Waals surface area contributed by atoms with Gasteiger partial charge in [-0.05, 0) is 38.5 Å². The monoisotopic (exact) mass is 716 g/mol. The average molecular weight is 716 g/mol. The topological polar surface area (TPSA) is 95.9 Å². The van der Waals surface area contributed by atoms with Crippen LogP contribution in [0.3, 0.4) is 0 Å². The summed E-state index contributed by atoms with van der Waals surface area (Å²) in [6, 6.07) is -0.718. The molecule has 6 nitrogen and oxygen atoms in total. The maximum atomic E-state index is 13.1. The van der Waals surface area contributed by atoms with E-state index in [1.807, 2.05) is 36.5 Å². The fourth-order valence-electron chi connectivity index (χ4n) is 6.27. The van der Waals surface area contributed by atoms with Gasteiger partial charge in [0.1, 0.15) is 6.10 Å². The van der Waals surface area contributed by atoms with E-state index in [2.05, 4.69) is 38.2 Å². The lowest BCUT2D eigenvalue weighted by molar-refractivity contribution is -0.151. The lowest BCUT2D eigenvalue weighted by Crippen LogP contribution is -2.46. The Labute approximate surface area is 315 Å². The molecule has 3 unspecified atom stereocenters. The van der Waals surface area contributed by atoms with Crippen LogP contribution in [0, 0.1) is 0 Å². The highest BCUT2D eigenvalue weighted by atomic mass is 16.5. The molecule has 0 bridgehead atoms. The summed E-state index contributed by atoms with van der Waals surface area (Å²) in [6.45, 7) is 6.27. The second kappa shape index (κ2) is 39.0. The highest BCUT2D eigenvalue weighted by molar-refractivity contribution is 5.77. The van der Waals surface area contributed by atoms with Crippen molar-refractivity contribution in [2.24, 2.45) is 0 Å². The van der Waals surface area contributed by atoms with Gasteiger partial charge in [0, 0.05) is 6.42 Å². The quantitative estimate of drug-likeness (QED) is 0.0338. The summed E-state index contributed by atoms with van der Waals surface area (Å²) in [5.41, 5.74) is 0. The normalized spacial score (nSPS) is 13.9. The fraction of sp³-hybridized carbons (Fsp3) is 0.778. The highest BCUT2D eigenvalue weighted by Gasteiger charge is 2.23. The molecule has 3 N–H and O–H groups in total. The second-order valence-electron chi connectivity index (χ2n) is 14.5. The van der Waals surface area contributed by atoms with Gasteiger partial charge in [-0.1, -0.05) is 198 Å². The Bertz CT molecular complexity index is 895. The van der Waals surface area contributed by atoms with Crippen LogP contribution in [0.25, 0.3) is 0 Å². The van der Waals surface area contributed by atoms with Gasteiger partial charge in [-0.2, -0.15) is 0 Å². The van der Waals surface area contributed by atoms with Gasteiger partial charge in [-0.25, -0.2) is 0 Å². The van der Waals surface area contributed by atoms with E-state index in [-0.39, 0.29) is 24.9 Å². The summed E-state index contributed by atoms with van der Waals surface area (Å²) >= 11 is 0. The molecule has 6 heteroatoms. The first-order valence-corrected chi connectivity index (χ1v) is 21.4. The van der Waals surface area contributed by atoms with Gasteiger partial charge in [-0.3, -0.25) is 9.59 Å². The molecule has 3 atom stereocenters. The number of esters is 1. The Morgan fingerprint density at radius 1 is 0.588 bits per heavy atom. The van der Waals surface area contributed by atoms with Crippen molar-refractivity contribution in [2.75, 3.05) is 6.61 Å². The van der Waals surface area contributed by atoms with Gasteiger partial charge in [0.05, 0.1) is 25.2 Å². The Morgan fingerprint density at radius 2 is 1.06 bits per heavy atom. The zero-order valence-corrected chi connectivity index (χ0v) is 33.5. The number of hydrogen-bond acceptors (Lipinski definition) is 5. The number of rotatable bonds is 37. The Morgan fingerprint density at radius 3 is 1.57 bits per heavy atom. The molecule has 1 amide bonds. The van der Waals surface area contributed by atoms with Gasteiger partial charge in [-0.15, -0.1) is 0 Å². The largest absolute Gasteiger partial charge is 0.462 e. The van der Waals surface area contributed by atoms with Crippen molar-refractivity contribution in [2.45, 2.75) is 219 Å². The number of ether oxygens (including phenoxy) is 1. The van der Waals surface area contributed by atoms with Crippen LogP contribution in [-0.4, -0.2) is 46.9 Å². The second-order valence-corrected chi connectivity index (χ2v) is 14.5. The molecule has 0 aromatic carbocycles. The predicted octanol–water partition coefficient (Wildman–Crippen LogP) is 11.9. The predicted molar refractivity (Wildman–Crippen MR) is 218 cm³/mol. The van der Waals surface area contributed by atoms with Crippen molar-refractivity contribution in [3.63, 3.8) is 0 Å². The summed E-state index contributed by atoms with van der Waals surface area (Å²) in [5, 5.41) is 23.5. The van der Waals surface area contributed by atoms with Crippen LogP contribution < -0.4 is 5.32 Å². The molecule has 0 aliphatic carbocycles. The van der Waals surface area contributed by atoms with Gasteiger partial charge in [0.2, 0.25) is 5.91 Å². The fourth-order valence-corrected chi connectivity index (χ4v) is 6.27. The summed E-state index contributed by atoms with van der Waals surface area (Å²) in [5.74, 6) is -0.546. The third-order valence-corrected chi connectivity index (χ3v) is 9.52. The van der Waals surface area contributed by atoms with Crippen molar-refractivity contribution in [3.8, 4) is 0 Å². The molecular formula is C45H81NO5. The van der Waals surface area contributed by atoms with E-state index in [1.165, 1.54) is 96.3 Å². The van der Waals surface area contributed by atoms with Gasteiger partial charge < -0.3 is 20.3 Å². The molecule has 0 radical (unpaired) electrons. The standard InChI is InChI=1S/C45H81NO5/c1-4-7-10-13-16-19-21-23-26-28-31-34-37-43(48)42(40-47)46-44(49)39-41(36-33-30-27-25-22-20-17-14-11-8-5-2)51-45(50)38-35-32-29-24-18-15-12-9-6-3/h8,11,14,17,20,22,25,27,41-43,47-48H,4-7,9-10,12-13,15-16,18-19,21,23-24,26,28-40H2,1-3H3,(H,46,49)/b11-8+,17-14+,22-20-,27-25-. The number of nitrogens with one attached hydrogen (secondary N) is 1. The minimum atomic E-state index is -0.801. The molecule has 51 heavy (non-hydrogen) atoms. The molecule has 0 aliphatic rings. The van der Waals surface area contributed by atoms with Crippen LogP contribution in [0.15, 0.2) is 48.6 Å². The van der Waals surface area contributed by atoms with Gasteiger partial charge in [0.25, 0.3) is 0 Å². The smallest absolute Gasteiger partial charge is 0.306 e. The number of carbonyl (C=O) groups is 2. The van der Waals surface area contributed by atoms with Crippen molar-refractivity contribution in [3.05, 3.63) is 48.6 Å². The van der Waals surface area contributed by atoms with Crippen molar-refractivity contribution >= 4 is 11.9 Å². The van der Waals surface area contributed by atoms with Crippen LogP contribution in [0.5, 0.6) is 0 Å². The third kappa shape index (κ3) is 34.7. The number of amides is 1. The highest BCUT2D eigenvalue weighted by Crippen LogP contribution is 2.16.